The van der Waals surface area contributed by atoms with Gasteiger partial charge in [-0.15, -0.1) is 0 Å². The van der Waals surface area contributed by atoms with Gasteiger partial charge in [0.2, 0.25) is 0 Å². The fourth-order valence-electron chi connectivity index (χ4n) is 1.03. The molecule has 56 valence electrons. The summed E-state index contributed by atoms with van der Waals surface area (Å²) in [5.41, 5.74) is 8.20. The zero-order valence-electron chi connectivity index (χ0n) is 5.95. The highest BCUT2D eigenvalue weighted by Crippen LogP contribution is 2.13. The Kier molecular flexibility index (Phi) is 1.36. The fourth-order valence-corrected chi connectivity index (χ4v) is 1.03. The van der Waals surface area contributed by atoms with Gasteiger partial charge in [0, 0.05) is 6.54 Å². The third-order valence-corrected chi connectivity index (χ3v) is 1.63. The van der Waals surface area contributed by atoms with Crippen LogP contribution >= 0.6 is 0 Å². The highest BCUT2D eigenvalue weighted by atomic mass is 16.3. The number of nitrogens with two attached hydrogens (primary N) is 1. The van der Waals surface area contributed by atoms with Crippen LogP contribution in [0.2, 0.25) is 0 Å². The van der Waals surface area contributed by atoms with Gasteiger partial charge in [0.15, 0.2) is 12.0 Å². The van der Waals surface area contributed by atoms with E-state index in [0.29, 0.717) is 6.54 Å². The van der Waals surface area contributed by atoms with Gasteiger partial charge in [-0.25, -0.2) is 4.98 Å². The molecule has 11 heavy (non-hydrogen) atoms. The van der Waals surface area contributed by atoms with E-state index in [2.05, 4.69) is 4.98 Å². The summed E-state index contributed by atoms with van der Waals surface area (Å²) < 4.78 is 5.07. The van der Waals surface area contributed by atoms with Gasteiger partial charge in [-0.2, -0.15) is 0 Å². The Balaban J connectivity index is 2.67. The first-order valence-electron chi connectivity index (χ1n) is 3.42. The summed E-state index contributed by atoms with van der Waals surface area (Å²) in [6.45, 7) is 0.544. The average molecular weight is 148 g/mol. The van der Waals surface area contributed by atoms with Crippen molar-refractivity contribution in [1.82, 2.24) is 4.98 Å². The van der Waals surface area contributed by atoms with E-state index in [9.17, 15) is 0 Å². The van der Waals surface area contributed by atoms with Gasteiger partial charge >= 0.3 is 0 Å². The minimum atomic E-state index is 0.544. The molecule has 0 bridgehead atoms. The van der Waals surface area contributed by atoms with Crippen LogP contribution in [-0.4, -0.2) is 4.98 Å². The second-order valence-corrected chi connectivity index (χ2v) is 2.36. The number of rotatable bonds is 1. The van der Waals surface area contributed by atoms with Crippen molar-refractivity contribution in [3.05, 3.63) is 30.2 Å². The number of hydrogen-bond donors (Lipinski definition) is 1. The monoisotopic (exact) mass is 148 g/mol. The Bertz CT molecular complexity index is 367. The SMILES string of the molecule is NCc1ccc2ocnc2c1. The van der Waals surface area contributed by atoms with E-state index >= 15 is 0 Å². The summed E-state index contributed by atoms with van der Waals surface area (Å²) >= 11 is 0. The van der Waals surface area contributed by atoms with Crippen molar-refractivity contribution in [2.75, 3.05) is 0 Å². The zero-order chi connectivity index (χ0) is 7.68. The van der Waals surface area contributed by atoms with Crippen LogP contribution in [0.3, 0.4) is 0 Å². The average Bonchev–Trinajstić information content (AvgIpc) is 2.50. The Labute approximate surface area is 63.8 Å². The molecule has 2 aromatic rings. The van der Waals surface area contributed by atoms with E-state index in [1.165, 1.54) is 6.39 Å². The smallest absolute Gasteiger partial charge is 0.181 e. The lowest BCUT2D eigenvalue weighted by atomic mass is 10.2. The van der Waals surface area contributed by atoms with Crippen molar-refractivity contribution in [2.24, 2.45) is 5.73 Å². The van der Waals surface area contributed by atoms with Crippen LogP contribution in [0.4, 0.5) is 0 Å². The van der Waals surface area contributed by atoms with Crippen LogP contribution in [0.15, 0.2) is 29.0 Å². The van der Waals surface area contributed by atoms with E-state index in [1.807, 2.05) is 18.2 Å². The molecule has 3 heteroatoms. The molecule has 1 heterocycles. The van der Waals surface area contributed by atoms with Crippen LogP contribution in [0.1, 0.15) is 5.56 Å². The van der Waals surface area contributed by atoms with Gasteiger partial charge in [-0.1, -0.05) is 6.07 Å². The molecule has 1 aromatic carbocycles. The quantitative estimate of drug-likeness (QED) is 0.662. The van der Waals surface area contributed by atoms with Crippen molar-refractivity contribution in [1.29, 1.82) is 0 Å². The summed E-state index contributed by atoms with van der Waals surface area (Å²) in [5.74, 6) is 0. The van der Waals surface area contributed by atoms with E-state index in [4.69, 9.17) is 10.2 Å². The van der Waals surface area contributed by atoms with E-state index in [0.717, 1.165) is 16.7 Å². The maximum atomic E-state index is 5.45. The molecular formula is C8H8N2O. The van der Waals surface area contributed by atoms with Crippen molar-refractivity contribution >= 4 is 11.1 Å². The lowest BCUT2D eigenvalue weighted by Crippen LogP contribution is -1.94. The molecule has 0 fully saturated rings. The Morgan fingerprint density at radius 2 is 2.36 bits per heavy atom. The molecule has 2 rings (SSSR count). The largest absolute Gasteiger partial charge is 0.443 e. The Hall–Kier alpha value is -1.35. The van der Waals surface area contributed by atoms with Crippen LogP contribution in [0, 0.1) is 0 Å². The highest BCUT2D eigenvalue weighted by Gasteiger charge is 1.97. The molecule has 0 aliphatic carbocycles. The third-order valence-electron chi connectivity index (χ3n) is 1.63. The molecule has 1 aromatic heterocycles. The molecule has 0 unspecified atom stereocenters. The van der Waals surface area contributed by atoms with Gasteiger partial charge in [0.1, 0.15) is 5.52 Å². The maximum absolute atomic E-state index is 5.45. The molecule has 0 aliphatic heterocycles. The lowest BCUT2D eigenvalue weighted by molar-refractivity contribution is 0.602. The molecule has 0 saturated heterocycles. The third kappa shape index (κ3) is 0.991. The van der Waals surface area contributed by atoms with Gasteiger partial charge in [-0.3, -0.25) is 0 Å². The summed E-state index contributed by atoms with van der Waals surface area (Å²) in [5, 5.41) is 0. The van der Waals surface area contributed by atoms with Gasteiger partial charge in [0.25, 0.3) is 0 Å². The first-order valence-corrected chi connectivity index (χ1v) is 3.42. The highest BCUT2D eigenvalue weighted by molar-refractivity contribution is 5.72. The molecular weight excluding hydrogens is 140 g/mol. The molecule has 0 amide bonds. The van der Waals surface area contributed by atoms with Gasteiger partial charge < -0.3 is 10.2 Å². The van der Waals surface area contributed by atoms with Crippen molar-refractivity contribution in [3.63, 3.8) is 0 Å². The zero-order valence-corrected chi connectivity index (χ0v) is 5.95. The van der Waals surface area contributed by atoms with Crippen LogP contribution in [0.5, 0.6) is 0 Å². The molecule has 3 nitrogen and oxygen atoms in total. The van der Waals surface area contributed by atoms with Crippen molar-refractivity contribution in [2.45, 2.75) is 6.54 Å². The molecule has 0 spiro atoms. The second kappa shape index (κ2) is 2.36. The molecule has 0 saturated carbocycles. The second-order valence-electron chi connectivity index (χ2n) is 2.36. The first kappa shape index (κ1) is 6.37. The molecule has 0 aliphatic rings. The van der Waals surface area contributed by atoms with E-state index in [-0.39, 0.29) is 0 Å². The fraction of sp³-hybridized carbons (Fsp3) is 0.125. The van der Waals surface area contributed by atoms with E-state index < -0.39 is 0 Å². The van der Waals surface area contributed by atoms with Crippen LogP contribution in [0.25, 0.3) is 11.1 Å². The Morgan fingerprint density at radius 1 is 1.45 bits per heavy atom. The van der Waals surface area contributed by atoms with Crippen LogP contribution in [-0.2, 0) is 6.54 Å². The molecule has 2 N–H and O–H groups in total. The number of benzene rings is 1. The minimum absolute atomic E-state index is 0.544. The standard InChI is InChI=1S/C8H8N2O/c9-4-6-1-2-8-7(3-6)10-5-11-8/h1-3,5H,4,9H2. The number of fused-ring (bicyclic) bond motifs is 1. The molecule has 0 atom stereocenters. The lowest BCUT2D eigenvalue weighted by Gasteiger charge is -1.92. The van der Waals surface area contributed by atoms with Crippen molar-refractivity contribution < 1.29 is 4.42 Å². The summed E-state index contributed by atoms with van der Waals surface area (Å²) in [4.78, 5) is 4.01. The normalized spacial score (nSPS) is 10.6. The predicted molar refractivity (Wildman–Crippen MR) is 41.9 cm³/mol. The van der Waals surface area contributed by atoms with Crippen LogP contribution < -0.4 is 5.73 Å². The Morgan fingerprint density at radius 3 is 3.18 bits per heavy atom. The summed E-state index contributed by atoms with van der Waals surface area (Å²) in [7, 11) is 0. The van der Waals surface area contributed by atoms with Gasteiger partial charge in [0.05, 0.1) is 0 Å². The number of hydrogen-bond acceptors (Lipinski definition) is 3. The number of aromatic nitrogens is 1. The maximum Gasteiger partial charge on any atom is 0.181 e. The summed E-state index contributed by atoms with van der Waals surface area (Å²) in [6.07, 6.45) is 1.44. The number of nitrogens with zero attached hydrogens (tertiary/aromatic N) is 1. The first-order chi connectivity index (χ1) is 5.40. The summed E-state index contributed by atoms with van der Waals surface area (Å²) in [6, 6.07) is 5.75. The van der Waals surface area contributed by atoms with E-state index in [1.54, 1.807) is 0 Å². The topological polar surface area (TPSA) is 52.0 Å². The number of oxazole rings is 1. The molecule has 0 radical (unpaired) electrons. The van der Waals surface area contributed by atoms with Crippen molar-refractivity contribution in [3.8, 4) is 0 Å². The minimum Gasteiger partial charge on any atom is -0.443 e. The van der Waals surface area contributed by atoms with Gasteiger partial charge in [-0.05, 0) is 17.7 Å². The predicted octanol–water partition coefficient (Wildman–Crippen LogP) is 1.29.